The molecule has 0 aliphatic heterocycles. The number of sulfonamides is 1. The number of nitrogens with zero attached hydrogens (tertiary/aromatic N) is 1. The Hall–Kier alpha value is -2.12. The molecule has 7 heteroatoms. The minimum atomic E-state index is -3.85. The molecule has 0 radical (unpaired) electrons. The van der Waals surface area contributed by atoms with Gasteiger partial charge < -0.3 is 9.88 Å². The highest BCUT2D eigenvalue weighted by Crippen LogP contribution is 2.32. The van der Waals surface area contributed by atoms with Crippen molar-refractivity contribution in [2.24, 2.45) is 5.14 Å². The largest absolute Gasteiger partial charge is 0.345 e. The molecule has 1 saturated carbocycles. The summed E-state index contributed by atoms with van der Waals surface area (Å²) in [5.74, 6) is -0.236. The van der Waals surface area contributed by atoms with Crippen LogP contribution in [0.15, 0.2) is 29.2 Å². The number of carbonyl (C=O) groups excluding carboxylic acids is 1. The molecular formula is C21H29N3O3S. The number of benzene rings is 1. The molecule has 1 aliphatic carbocycles. The monoisotopic (exact) mass is 403 g/mol. The summed E-state index contributed by atoms with van der Waals surface area (Å²) in [6, 6.07) is 7.21. The van der Waals surface area contributed by atoms with Crippen molar-refractivity contribution >= 4 is 21.6 Å². The quantitative estimate of drug-likeness (QED) is 0.788. The third-order valence-electron chi connectivity index (χ3n) is 5.68. The van der Waals surface area contributed by atoms with Crippen LogP contribution in [0.2, 0.25) is 0 Å². The Morgan fingerprint density at radius 3 is 2.46 bits per heavy atom. The van der Waals surface area contributed by atoms with Gasteiger partial charge in [-0.2, -0.15) is 0 Å². The molecule has 0 spiro atoms. The highest BCUT2D eigenvalue weighted by molar-refractivity contribution is 7.89. The van der Waals surface area contributed by atoms with Gasteiger partial charge in [-0.3, -0.25) is 4.79 Å². The molecule has 3 N–H and O–H groups in total. The molecule has 152 valence electrons. The Morgan fingerprint density at radius 1 is 1.18 bits per heavy atom. The van der Waals surface area contributed by atoms with Crippen LogP contribution in [-0.2, 0) is 16.4 Å². The molecule has 0 bridgehead atoms. The lowest BCUT2D eigenvalue weighted by molar-refractivity contribution is 0.102. The molecule has 0 atom stereocenters. The summed E-state index contributed by atoms with van der Waals surface area (Å²) < 4.78 is 26.0. The van der Waals surface area contributed by atoms with E-state index in [1.807, 2.05) is 26.8 Å². The number of nitrogens with one attached hydrogen (secondary N) is 1. The van der Waals surface area contributed by atoms with Crippen LogP contribution in [0.3, 0.4) is 0 Å². The summed E-state index contributed by atoms with van der Waals surface area (Å²) in [5.41, 5.74) is 3.73. The zero-order chi connectivity index (χ0) is 20.5. The van der Waals surface area contributed by atoms with E-state index >= 15 is 0 Å². The van der Waals surface area contributed by atoms with E-state index in [-0.39, 0.29) is 10.8 Å². The molecule has 6 nitrogen and oxygen atoms in total. The van der Waals surface area contributed by atoms with E-state index < -0.39 is 10.0 Å². The van der Waals surface area contributed by atoms with Crippen LogP contribution in [0.5, 0.6) is 0 Å². The molecule has 28 heavy (non-hydrogen) atoms. The first-order valence-corrected chi connectivity index (χ1v) is 11.4. The first-order valence-electron chi connectivity index (χ1n) is 9.88. The van der Waals surface area contributed by atoms with Crippen LogP contribution in [0.25, 0.3) is 0 Å². The molecule has 1 fully saturated rings. The van der Waals surface area contributed by atoms with E-state index in [0.29, 0.717) is 29.3 Å². The average molecular weight is 404 g/mol. The van der Waals surface area contributed by atoms with Crippen LogP contribution in [0.4, 0.5) is 5.69 Å². The van der Waals surface area contributed by atoms with Crippen molar-refractivity contribution in [1.29, 1.82) is 0 Å². The predicted molar refractivity (Wildman–Crippen MR) is 111 cm³/mol. The van der Waals surface area contributed by atoms with Crippen molar-refractivity contribution in [3.8, 4) is 0 Å². The molecular weight excluding hydrogens is 374 g/mol. The molecule has 0 saturated heterocycles. The summed E-state index contributed by atoms with van der Waals surface area (Å²) in [4.78, 5) is 12.9. The second-order valence-electron chi connectivity index (χ2n) is 7.62. The van der Waals surface area contributed by atoms with Crippen LogP contribution in [-0.4, -0.2) is 18.9 Å². The van der Waals surface area contributed by atoms with E-state index in [1.165, 1.54) is 25.3 Å². The number of primary sulfonamides is 1. The summed E-state index contributed by atoms with van der Waals surface area (Å²) >= 11 is 0. The zero-order valence-corrected chi connectivity index (χ0v) is 17.6. The van der Waals surface area contributed by atoms with Gasteiger partial charge >= 0.3 is 0 Å². The first kappa shape index (κ1) is 20.6. The highest BCUT2D eigenvalue weighted by Gasteiger charge is 2.23. The van der Waals surface area contributed by atoms with Crippen molar-refractivity contribution < 1.29 is 13.2 Å². The van der Waals surface area contributed by atoms with Gasteiger partial charge in [-0.05, 0) is 56.9 Å². The standard InChI is InChI=1S/C21H29N3O3S/c1-4-16-10-11-17(13-20(16)28(22,26)27)23-21(25)19-12-14(2)24(15(19)3)18-8-6-5-7-9-18/h10-13,18H,4-9H2,1-3H3,(H,23,25)(H2,22,26,27). The summed E-state index contributed by atoms with van der Waals surface area (Å²) in [6.45, 7) is 5.88. The number of aryl methyl sites for hydroxylation is 2. The average Bonchev–Trinajstić information content (AvgIpc) is 2.96. The van der Waals surface area contributed by atoms with Crippen molar-refractivity contribution in [3.63, 3.8) is 0 Å². The topological polar surface area (TPSA) is 94.2 Å². The van der Waals surface area contributed by atoms with Gasteiger partial charge in [0.25, 0.3) is 5.91 Å². The van der Waals surface area contributed by atoms with E-state index in [0.717, 1.165) is 24.2 Å². The van der Waals surface area contributed by atoms with Gasteiger partial charge in [0, 0.05) is 23.1 Å². The second-order valence-corrected chi connectivity index (χ2v) is 9.15. The number of amides is 1. The molecule has 1 aliphatic rings. The minimum absolute atomic E-state index is 0.0560. The van der Waals surface area contributed by atoms with E-state index in [1.54, 1.807) is 12.1 Å². The zero-order valence-electron chi connectivity index (χ0n) is 16.8. The molecule has 1 aromatic carbocycles. The van der Waals surface area contributed by atoms with Gasteiger partial charge in [-0.15, -0.1) is 0 Å². The Bertz CT molecular complexity index is 987. The van der Waals surface area contributed by atoms with Gasteiger partial charge in [0.1, 0.15) is 0 Å². The number of nitrogens with two attached hydrogens (primary N) is 1. The number of hydrogen-bond acceptors (Lipinski definition) is 3. The van der Waals surface area contributed by atoms with Crippen molar-refractivity contribution in [1.82, 2.24) is 4.57 Å². The Kier molecular flexibility index (Phi) is 5.95. The maximum atomic E-state index is 12.9. The van der Waals surface area contributed by atoms with E-state index in [9.17, 15) is 13.2 Å². The fourth-order valence-electron chi connectivity index (χ4n) is 4.30. The SMILES string of the molecule is CCc1ccc(NC(=O)c2cc(C)n(C3CCCCC3)c2C)cc1S(N)(=O)=O. The number of rotatable bonds is 5. The first-order chi connectivity index (χ1) is 13.2. The number of hydrogen-bond donors (Lipinski definition) is 2. The van der Waals surface area contributed by atoms with E-state index in [2.05, 4.69) is 9.88 Å². The highest BCUT2D eigenvalue weighted by atomic mass is 32.2. The number of aromatic nitrogens is 1. The van der Waals surface area contributed by atoms with Gasteiger partial charge in [-0.1, -0.05) is 32.3 Å². The van der Waals surface area contributed by atoms with Gasteiger partial charge in [0.05, 0.1) is 10.5 Å². The van der Waals surface area contributed by atoms with Gasteiger partial charge in [0.2, 0.25) is 10.0 Å². The lowest BCUT2D eigenvalue weighted by atomic mass is 9.95. The minimum Gasteiger partial charge on any atom is -0.345 e. The van der Waals surface area contributed by atoms with Crippen molar-refractivity contribution in [2.45, 2.75) is 70.2 Å². The maximum absolute atomic E-state index is 12.9. The molecule has 1 heterocycles. The van der Waals surface area contributed by atoms with Crippen LogP contribution < -0.4 is 10.5 Å². The van der Waals surface area contributed by atoms with Crippen molar-refractivity contribution in [2.75, 3.05) is 5.32 Å². The van der Waals surface area contributed by atoms with Crippen LogP contribution in [0.1, 0.15) is 72.4 Å². The third kappa shape index (κ3) is 4.15. The number of anilines is 1. The maximum Gasteiger partial charge on any atom is 0.257 e. The van der Waals surface area contributed by atoms with E-state index in [4.69, 9.17) is 5.14 Å². The number of carbonyl (C=O) groups is 1. The summed E-state index contributed by atoms with van der Waals surface area (Å²) in [7, 11) is -3.85. The van der Waals surface area contributed by atoms with Crippen molar-refractivity contribution in [3.05, 3.63) is 46.8 Å². The Balaban J connectivity index is 1.88. The second kappa shape index (κ2) is 8.09. The molecule has 0 unspecified atom stereocenters. The summed E-state index contributed by atoms with van der Waals surface area (Å²) in [5, 5.41) is 8.16. The smallest absolute Gasteiger partial charge is 0.257 e. The summed E-state index contributed by atoms with van der Waals surface area (Å²) in [6.07, 6.45) is 6.57. The molecule has 2 aromatic rings. The fraction of sp³-hybridized carbons (Fsp3) is 0.476. The fourth-order valence-corrected chi connectivity index (χ4v) is 5.16. The molecule has 1 aromatic heterocycles. The lowest BCUT2D eigenvalue weighted by Crippen LogP contribution is -2.18. The van der Waals surface area contributed by atoms with Gasteiger partial charge in [-0.25, -0.2) is 13.6 Å². The third-order valence-corrected chi connectivity index (χ3v) is 6.67. The Morgan fingerprint density at radius 2 is 1.86 bits per heavy atom. The van der Waals surface area contributed by atoms with Gasteiger partial charge in [0.15, 0.2) is 0 Å². The predicted octanol–water partition coefficient (Wildman–Crippen LogP) is 4.07. The lowest BCUT2D eigenvalue weighted by Gasteiger charge is -2.26. The van der Waals surface area contributed by atoms with Crippen LogP contribution in [0, 0.1) is 13.8 Å². The molecule has 1 amide bonds. The normalized spacial score (nSPS) is 15.6. The Labute approximate surface area is 167 Å². The van der Waals surface area contributed by atoms with Crippen LogP contribution >= 0.6 is 0 Å². The molecule has 3 rings (SSSR count).